The zero-order valence-corrected chi connectivity index (χ0v) is 27.8. The van der Waals surface area contributed by atoms with Gasteiger partial charge < -0.3 is 25.4 Å². The number of alkyl carbamates (subject to hydrolysis) is 1. The molecule has 3 aliphatic rings. The number of carbonyl (C=O) groups is 1. The molecule has 46 heavy (non-hydrogen) atoms. The monoisotopic (exact) mass is 631 g/mol. The lowest BCUT2D eigenvalue weighted by Crippen LogP contribution is -2.54. The molecule has 6 rings (SSSR count). The maximum atomic E-state index is 15.4. The van der Waals surface area contributed by atoms with E-state index in [1.54, 1.807) is 0 Å². The lowest BCUT2D eigenvalue weighted by atomic mass is 9.71. The number of piperidine rings is 1. The number of aromatic nitrogens is 4. The van der Waals surface area contributed by atoms with Gasteiger partial charge in [-0.2, -0.15) is 10.1 Å². The summed E-state index contributed by atoms with van der Waals surface area (Å²) in [5.41, 5.74) is 0.112. The molecule has 11 heteroatoms. The minimum absolute atomic E-state index is 0.0937. The number of aromatic amines is 1. The highest BCUT2D eigenvalue weighted by Crippen LogP contribution is 2.42. The molecule has 1 amide bonds. The molecular formula is C35H46FN7O3. The van der Waals surface area contributed by atoms with E-state index in [0.29, 0.717) is 72.7 Å². The Bertz CT molecular complexity index is 1680. The van der Waals surface area contributed by atoms with E-state index in [2.05, 4.69) is 51.4 Å². The molecule has 3 heterocycles. The lowest BCUT2D eigenvalue weighted by molar-refractivity contribution is 0.0231. The van der Waals surface area contributed by atoms with E-state index in [0.717, 1.165) is 25.7 Å². The molecule has 3 fully saturated rings. The first-order chi connectivity index (χ1) is 21.6. The third kappa shape index (κ3) is 7.38. The molecule has 1 saturated heterocycles. The van der Waals surface area contributed by atoms with Gasteiger partial charge in [-0.15, -0.1) is 0 Å². The smallest absolute Gasteiger partial charge is 0.408 e. The molecule has 1 aromatic carbocycles. The van der Waals surface area contributed by atoms with Crippen molar-refractivity contribution in [3.63, 3.8) is 0 Å². The van der Waals surface area contributed by atoms with Gasteiger partial charge in [0.1, 0.15) is 17.0 Å². The van der Waals surface area contributed by atoms with Crippen molar-refractivity contribution in [2.45, 2.75) is 116 Å². The van der Waals surface area contributed by atoms with Crippen LogP contribution in [0.25, 0.3) is 10.9 Å². The normalized spacial score (nSPS) is 20.5. The summed E-state index contributed by atoms with van der Waals surface area (Å²) in [7, 11) is 0. The summed E-state index contributed by atoms with van der Waals surface area (Å²) >= 11 is 0. The van der Waals surface area contributed by atoms with Gasteiger partial charge in [0.2, 0.25) is 5.95 Å². The van der Waals surface area contributed by atoms with E-state index in [1.807, 2.05) is 45.9 Å². The molecule has 1 aliphatic heterocycles. The summed E-state index contributed by atoms with van der Waals surface area (Å²) < 4.78 is 20.8. The number of nitrogens with zero attached hydrogens (tertiary/aromatic N) is 4. The Morgan fingerprint density at radius 3 is 2.41 bits per heavy atom. The van der Waals surface area contributed by atoms with Crippen LogP contribution in [-0.2, 0) is 4.74 Å². The number of ether oxygens (including phenoxy) is 1. The van der Waals surface area contributed by atoms with E-state index in [-0.39, 0.29) is 17.2 Å². The van der Waals surface area contributed by atoms with Crippen LogP contribution < -0.4 is 15.5 Å². The summed E-state index contributed by atoms with van der Waals surface area (Å²) in [6.45, 7) is 13.2. The standard InChI is InChI=1S/C35H46FN7O3/c1-32(2,3)46-31(44)40-34(6)17-19-43(20-18-34)30-37-25-10-7-22(11-12-35(45)15-13-33(4,5)14-16-35)21-24(25)28(39-30)38-29-26(36)27(41-42-29)23-8-9-23/h7,10,21,23,45H,8-9,13-20H2,1-6H3,(H,40,44)(H2,37,38,39,41,42). The summed E-state index contributed by atoms with van der Waals surface area (Å²) in [6, 6.07) is 5.66. The maximum Gasteiger partial charge on any atom is 0.408 e. The summed E-state index contributed by atoms with van der Waals surface area (Å²) in [4.78, 5) is 24.3. The van der Waals surface area contributed by atoms with Crippen molar-refractivity contribution in [3.05, 3.63) is 35.3 Å². The van der Waals surface area contributed by atoms with Gasteiger partial charge in [0.15, 0.2) is 11.6 Å². The van der Waals surface area contributed by atoms with Crippen LogP contribution in [0.3, 0.4) is 0 Å². The minimum Gasteiger partial charge on any atom is -0.444 e. The van der Waals surface area contributed by atoms with Crippen molar-refractivity contribution in [1.82, 2.24) is 25.5 Å². The fraction of sp³-hybridized carbons (Fsp3) is 0.600. The number of H-pyrrole nitrogens is 1. The first-order valence-electron chi connectivity index (χ1n) is 16.4. The molecule has 246 valence electrons. The fourth-order valence-electron chi connectivity index (χ4n) is 6.14. The van der Waals surface area contributed by atoms with Gasteiger partial charge in [0.05, 0.1) is 11.2 Å². The number of aliphatic hydroxyl groups is 1. The topological polar surface area (TPSA) is 128 Å². The highest BCUT2D eigenvalue weighted by atomic mass is 19.1. The fourth-order valence-corrected chi connectivity index (χ4v) is 6.14. The first-order valence-corrected chi connectivity index (χ1v) is 16.4. The molecule has 0 radical (unpaired) electrons. The number of carbonyl (C=O) groups excluding carboxylic acids is 1. The van der Waals surface area contributed by atoms with Gasteiger partial charge in [-0.3, -0.25) is 5.10 Å². The van der Waals surface area contributed by atoms with Crippen LogP contribution in [0.2, 0.25) is 0 Å². The van der Waals surface area contributed by atoms with Gasteiger partial charge in [-0.1, -0.05) is 25.7 Å². The van der Waals surface area contributed by atoms with Crippen LogP contribution in [0.4, 0.5) is 26.8 Å². The maximum absolute atomic E-state index is 15.4. The Morgan fingerprint density at radius 1 is 1.07 bits per heavy atom. The predicted molar refractivity (Wildman–Crippen MR) is 177 cm³/mol. The number of halogens is 1. The molecule has 4 N–H and O–H groups in total. The number of hydrogen-bond donors (Lipinski definition) is 4. The molecule has 0 unspecified atom stereocenters. The SMILES string of the molecule is CC1(C)CCC(O)(C#Cc2ccc3nc(N4CCC(C)(NC(=O)OC(C)(C)C)CC4)nc(Nc4n[nH]c(C5CC5)c4F)c3c2)CC1. The third-order valence-corrected chi connectivity index (χ3v) is 9.46. The van der Waals surface area contributed by atoms with Crippen molar-refractivity contribution < 1.29 is 19.0 Å². The van der Waals surface area contributed by atoms with E-state index in [1.165, 1.54) is 0 Å². The van der Waals surface area contributed by atoms with Crippen molar-refractivity contribution >= 4 is 34.6 Å². The van der Waals surface area contributed by atoms with Crippen molar-refractivity contribution in [2.75, 3.05) is 23.3 Å². The molecule has 0 bridgehead atoms. The van der Waals surface area contributed by atoms with Crippen LogP contribution in [-0.4, -0.2) is 61.2 Å². The zero-order chi connectivity index (χ0) is 32.9. The average molecular weight is 632 g/mol. The lowest BCUT2D eigenvalue weighted by Gasteiger charge is -2.40. The molecule has 2 aliphatic carbocycles. The van der Waals surface area contributed by atoms with Gasteiger partial charge in [-0.25, -0.2) is 14.2 Å². The largest absolute Gasteiger partial charge is 0.444 e. The van der Waals surface area contributed by atoms with Crippen LogP contribution in [0.15, 0.2) is 18.2 Å². The summed E-state index contributed by atoms with van der Waals surface area (Å²) in [6.07, 6.45) is 5.93. The number of rotatable bonds is 5. The molecule has 3 aromatic rings. The molecule has 2 aromatic heterocycles. The highest BCUT2D eigenvalue weighted by Gasteiger charge is 2.36. The predicted octanol–water partition coefficient (Wildman–Crippen LogP) is 6.68. The second-order valence-electron chi connectivity index (χ2n) is 15.4. The average Bonchev–Trinajstić information content (AvgIpc) is 3.76. The number of fused-ring (bicyclic) bond motifs is 1. The Balaban J connectivity index is 1.27. The molecule has 0 spiro atoms. The first kappa shape index (κ1) is 32.0. The Labute approximate surface area is 270 Å². The number of hydrogen-bond acceptors (Lipinski definition) is 8. The minimum atomic E-state index is -1.01. The number of amides is 1. The second-order valence-corrected chi connectivity index (χ2v) is 15.4. The van der Waals surface area contributed by atoms with Crippen molar-refractivity contribution in [1.29, 1.82) is 0 Å². The highest BCUT2D eigenvalue weighted by molar-refractivity contribution is 5.92. The van der Waals surface area contributed by atoms with Crippen molar-refractivity contribution in [2.24, 2.45) is 5.41 Å². The van der Waals surface area contributed by atoms with Gasteiger partial charge >= 0.3 is 6.09 Å². The van der Waals surface area contributed by atoms with Crippen molar-refractivity contribution in [3.8, 4) is 11.8 Å². The quantitative estimate of drug-likeness (QED) is 0.230. The second kappa shape index (κ2) is 11.7. The van der Waals surface area contributed by atoms with E-state index in [4.69, 9.17) is 14.7 Å². The third-order valence-electron chi connectivity index (χ3n) is 9.46. The molecule has 10 nitrogen and oxygen atoms in total. The molecule has 0 atom stereocenters. The molecule has 2 saturated carbocycles. The summed E-state index contributed by atoms with van der Waals surface area (Å²) in [5, 5.41) is 25.1. The number of nitrogens with one attached hydrogen (secondary N) is 3. The Morgan fingerprint density at radius 2 is 1.76 bits per heavy atom. The van der Waals surface area contributed by atoms with E-state index in [9.17, 15) is 9.90 Å². The van der Waals surface area contributed by atoms with Crippen LogP contribution in [0.5, 0.6) is 0 Å². The van der Waals surface area contributed by atoms with Gasteiger partial charge in [-0.05, 0) is 103 Å². The number of anilines is 3. The van der Waals surface area contributed by atoms with E-state index >= 15 is 4.39 Å². The van der Waals surface area contributed by atoms with Crippen LogP contribution in [0, 0.1) is 23.1 Å². The van der Waals surface area contributed by atoms with Gasteiger partial charge in [0.25, 0.3) is 0 Å². The zero-order valence-electron chi connectivity index (χ0n) is 27.8. The Kier molecular flexibility index (Phi) is 8.16. The Hall–Kier alpha value is -3.91. The number of benzene rings is 1. The molecular weight excluding hydrogens is 585 g/mol. The van der Waals surface area contributed by atoms with Crippen LogP contribution in [0.1, 0.15) is 110 Å². The summed E-state index contributed by atoms with van der Waals surface area (Å²) in [5.74, 6) is 7.13. The van der Waals surface area contributed by atoms with Crippen LogP contribution >= 0.6 is 0 Å². The van der Waals surface area contributed by atoms with E-state index < -0.39 is 28.7 Å². The van der Waals surface area contributed by atoms with Gasteiger partial charge in [0, 0.05) is 35.5 Å².